The average molecular weight is 286 g/mol. The molecular formula is C17H22N2O2. The minimum atomic E-state index is 0.387. The molecular weight excluding hydrogens is 264 g/mol. The molecule has 0 amide bonds. The molecule has 0 aliphatic rings. The van der Waals surface area contributed by atoms with Gasteiger partial charge in [-0.05, 0) is 43.3 Å². The summed E-state index contributed by atoms with van der Waals surface area (Å²) in [5, 5.41) is 3.29. The highest BCUT2D eigenvalue weighted by Gasteiger charge is 2.07. The Labute approximate surface area is 126 Å². The van der Waals surface area contributed by atoms with Crippen LogP contribution in [0.4, 0.5) is 0 Å². The first-order valence-corrected chi connectivity index (χ1v) is 7.16. The molecule has 0 spiro atoms. The number of nitrogens with zero attached hydrogens (tertiary/aromatic N) is 1. The molecule has 1 N–H and O–H groups in total. The van der Waals surface area contributed by atoms with Crippen LogP contribution in [0.2, 0.25) is 0 Å². The van der Waals surface area contributed by atoms with Crippen molar-refractivity contribution in [2.75, 3.05) is 14.2 Å². The molecule has 0 saturated heterocycles. The molecule has 1 atom stereocenters. The van der Waals surface area contributed by atoms with Gasteiger partial charge in [-0.25, -0.2) is 4.98 Å². The molecule has 1 aromatic carbocycles. The van der Waals surface area contributed by atoms with Crippen molar-refractivity contribution < 1.29 is 9.47 Å². The topological polar surface area (TPSA) is 43.4 Å². The fourth-order valence-corrected chi connectivity index (χ4v) is 2.28. The second kappa shape index (κ2) is 7.64. The van der Waals surface area contributed by atoms with E-state index in [4.69, 9.17) is 9.47 Å². The van der Waals surface area contributed by atoms with Gasteiger partial charge in [-0.3, -0.25) is 0 Å². The summed E-state index contributed by atoms with van der Waals surface area (Å²) in [5.41, 5.74) is 2.21. The Kier molecular flexibility index (Phi) is 5.58. The van der Waals surface area contributed by atoms with Crippen molar-refractivity contribution in [3.05, 3.63) is 53.7 Å². The molecule has 2 aromatic rings. The van der Waals surface area contributed by atoms with Crippen molar-refractivity contribution in [2.45, 2.75) is 26.0 Å². The molecule has 21 heavy (non-hydrogen) atoms. The van der Waals surface area contributed by atoms with Gasteiger partial charge in [-0.2, -0.15) is 0 Å². The average Bonchev–Trinajstić information content (AvgIpc) is 2.55. The Morgan fingerprint density at radius 2 is 1.95 bits per heavy atom. The normalized spacial score (nSPS) is 12.0. The number of hydrogen-bond donors (Lipinski definition) is 1. The minimum absolute atomic E-state index is 0.387. The molecule has 2 rings (SSSR count). The van der Waals surface area contributed by atoms with Gasteiger partial charge in [0, 0.05) is 12.2 Å². The highest BCUT2D eigenvalue weighted by molar-refractivity contribution is 5.30. The van der Waals surface area contributed by atoms with Gasteiger partial charge in [0.05, 0.1) is 12.7 Å². The van der Waals surface area contributed by atoms with Crippen LogP contribution in [0, 0.1) is 0 Å². The van der Waals surface area contributed by atoms with E-state index in [0.717, 1.165) is 17.7 Å². The Balaban J connectivity index is 2.00. The number of nitrogens with one attached hydrogen (secondary N) is 1. The van der Waals surface area contributed by atoms with Crippen LogP contribution in [0.5, 0.6) is 11.6 Å². The maximum atomic E-state index is 5.80. The van der Waals surface area contributed by atoms with E-state index in [2.05, 4.69) is 29.4 Å². The number of aromatic nitrogens is 1. The zero-order chi connectivity index (χ0) is 15.1. The summed E-state index contributed by atoms with van der Waals surface area (Å²) in [4.78, 5) is 4.16. The van der Waals surface area contributed by atoms with E-state index in [1.807, 2.05) is 31.3 Å². The van der Waals surface area contributed by atoms with Crippen LogP contribution in [0.25, 0.3) is 0 Å². The van der Waals surface area contributed by atoms with Gasteiger partial charge in [0.25, 0.3) is 0 Å². The SMILES string of the molecule is CCC(NC)c1ccc(OCc2cccnc2OC)cc1. The van der Waals surface area contributed by atoms with Gasteiger partial charge in [0.2, 0.25) is 5.88 Å². The first-order valence-electron chi connectivity index (χ1n) is 7.16. The third-order valence-electron chi connectivity index (χ3n) is 3.48. The van der Waals surface area contributed by atoms with Crippen LogP contribution in [0.3, 0.4) is 0 Å². The molecule has 1 heterocycles. The Morgan fingerprint density at radius 3 is 2.57 bits per heavy atom. The van der Waals surface area contributed by atoms with E-state index in [1.54, 1.807) is 13.3 Å². The first kappa shape index (κ1) is 15.3. The number of rotatable bonds is 7. The molecule has 0 saturated carbocycles. The van der Waals surface area contributed by atoms with E-state index in [-0.39, 0.29) is 0 Å². The lowest BCUT2D eigenvalue weighted by Gasteiger charge is -2.15. The lowest BCUT2D eigenvalue weighted by atomic mass is 10.0. The summed E-state index contributed by atoms with van der Waals surface area (Å²) < 4.78 is 11.0. The van der Waals surface area contributed by atoms with Gasteiger partial charge < -0.3 is 14.8 Å². The maximum absolute atomic E-state index is 5.80. The lowest BCUT2D eigenvalue weighted by Crippen LogP contribution is -2.14. The van der Waals surface area contributed by atoms with Crippen LogP contribution in [-0.4, -0.2) is 19.1 Å². The molecule has 0 radical (unpaired) electrons. The monoisotopic (exact) mass is 286 g/mol. The Bertz CT molecular complexity index is 551. The smallest absolute Gasteiger partial charge is 0.219 e. The van der Waals surface area contributed by atoms with E-state index in [9.17, 15) is 0 Å². The van der Waals surface area contributed by atoms with Crippen LogP contribution in [-0.2, 0) is 6.61 Å². The summed E-state index contributed by atoms with van der Waals surface area (Å²) >= 11 is 0. The minimum Gasteiger partial charge on any atom is -0.489 e. The van der Waals surface area contributed by atoms with Crippen molar-refractivity contribution in [3.8, 4) is 11.6 Å². The van der Waals surface area contributed by atoms with Crippen molar-refractivity contribution >= 4 is 0 Å². The summed E-state index contributed by atoms with van der Waals surface area (Å²) in [6.45, 7) is 2.61. The van der Waals surface area contributed by atoms with Crippen LogP contribution in [0.1, 0.15) is 30.5 Å². The van der Waals surface area contributed by atoms with E-state index < -0.39 is 0 Å². The molecule has 1 aromatic heterocycles. The summed E-state index contributed by atoms with van der Waals surface area (Å²) in [5.74, 6) is 1.45. The van der Waals surface area contributed by atoms with Crippen LogP contribution in [0.15, 0.2) is 42.6 Å². The second-order valence-corrected chi connectivity index (χ2v) is 4.78. The quantitative estimate of drug-likeness (QED) is 0.847. The molecule has 112 valence electrons. The van der Waals surface area contributed by atoms with E-state index in [1.165, 1.54) is 5.56 Å². The molecule has 0 aliphatic carbocycles. The third kappa shape index (κ3) is 3.95. The fraction of sp³-hybridized carbons (Fsp3) is 0.353. The number of ether oxygens (including phenoxy) is 2. The van der Waals surface area contributed by atoms with Gasteiger partial charge in [0.1, 0.15) is 12.4 Å². The predicted molar refractivity (Wildman–Crippen MR) is 83.7 cm³/mol. The standard InChI is InChI=1S/C17H22N2O2/c1-4-16(18-2)13-7-9-15(10-8-13)21-12-14-6-5-11-19-17(14)20-3/h5-11,16,18H,4,12H2,1-3H3. The van der Waals surface area contributed by atoms with Crippen molar-refractivity contribution in [1.82, 2.24) is 10.3 Å². The fourth-order valence-electron chi connectivity index (χ4n) is 2.28. The van der Waals surface area contributed by atoms with Crippen molar-refractivity contribution in [2.24, 2.45) is 0 Å². The lowest BCUT2D eigenvalue weighted by molar-refractivity contribution is 0.293. The number of benzene rings is 1. The number of hydrogen-bond acceptors (Lipinski definition) is 4. The highest BCUT2D eigenvalue weighted by atomic mass is 16.5. The van der Waals surface area contributed by atoms with Gasteiger partial charge in [0.15, 0.2) is 0 Å². The van der Waals surface area contributed by atoms with Crippen LogP contribution >= 0.6 is 0 Å². The van der Waals surface area contributed by atoms with Gasteiger partial charge >= 0.3 is 0 Å². The van der Waals surface area contributed by atoms with Gasteiger partial charge in [-0.15, -0.1) is 0 Å². The molecule has 0 aliphatic heterocycles. The predicted octanol–water partition coefficient (Wildman–Crippen LogP) is 3.34. The summed E-state index contributed by atoms with van der Waals surface area (Å²) in [7, 11) is 3.59. The van der Waals surface area contributed by atoms with Crippen molar-refractivity contribution in [3.63, 3.8) is 0 Å². The summed E-state index contributed by atoms with van der Waals surface area (Å²) in [6.07, 6.45) is 2.77. The summed E-state index contributed by atoms with van der Waals surface area (Å²) in [6, 6.07) is 12.4. The maximum Gasteiger partial charge on any atom is 0.219 e. The third-order valence-corrected chi connectivity index (χ3v) is 3.48. The number of methoxy groups -OCH3 is 1. The largest absolute Gasteiger partial charge is 0.489 e. The zero-order valence-corrected chi connectivity index (χ0v) is 12.8. The van der Waals surface area contributed by atoms with E-state index in [0.29, 0.717) is 18.5 Å². The Morgan fingerprint density at radius 1 is 1.19 bits per heavy atom. The highest BCUT2D eigenvalue weighted by Crippen LogP contribution is 2.21. The van der Waals surface area contributed by atoms with Crippen LogP contribution < -0.4 is 14.8 Å². The number of pyridine rings is 1. The van der Waals surface area contributed by atoms with Gasteiger partial charge in [-0.1, -0.05) is 19.1 Å². The molecule has 4 heteroatoms. The molecule has 0 bridgehead atoms. The second-order valence-electron chi connectivity index (χ2n) is 4.78. The Hall–Kier alpha value is -2.07. The van der Waals surface area contributed by atoms with E-state index >= 15 is 0 Å². The first-order chi connectivity index (χ1) is 10.3. The molecule has 0 fully saturated rings. The molecule has 4 nitrogen and oxygen atoms in total. The van der Waals surface area contributed by atoms with Crippen molar-refractivity contribution in [1.29, 1.82) is 0 Å². The molecule has 1 unspecified atom stereocenters. The zero-order valence-electron chi connectivity index (χ0n) is 12.8.